The number of amides is 1. The molecule has 3 rings (SSSR count). The number of thioether (sulfide) groups is 1. The molecule has 6 heteroatoms. The lowest BCUT2D eigenvalue weighted by Crippen LogP contribution is -2.18. The van der Waals surface area contributed by atoms with Gasteiger partial charge in [0.15, 0.2) is 5.16 Å². The zero-order valence-corrected chi connectivity index (χ0v) is 12.3. The molecule has 0 atom stereocenters. The Kier molecular flexibility index (Phi) is 3.48. The second-order valence-corrected chi connectivity index (χ2v) is 5.98. The van der Waals surface area contributed by atoms with E-state index in [1.54, 1.807) is 11.8 Å². The Morgan fingerprint density at radius 1 is 1.30 bits per heavy atom. The minimum Gasteiger partial charge on any atom is -0.290 e. The third-order valence-corrected chi connectivity index (χ3v) is 4.52. The number of anilines is 1. The molecule has 1 aliphatic rings. The predicted molar refractivity (Wildman–Crippen MR) is 79.2 cm³/mol. The van der Waals surface area contributed by atoms with Crippen molar-refractivity contribution in [1.82, 2.24) is 14.8 Å². The fourth-order valence-electron chi connectivity index (χ4n) is 2.13. The van der Waals surface area contributed by atoms with Crippen LogP contribution in [-0.4, -0.2) is 26.4 Å². The van der Waals surface area contributed by atoms with Gasteiger partial charge in [-0.2, -0.15) is 0 Å². The second kappa shape index (κ2) is 5.28. The fraction of sp³-hybridized carbons (Fsp3) is 0.357. The van der Waals surface area contributed by atoms with Crippen molar-refractivity contribution in [2.45, 2.75) is 32.0 Å². The number of aromatic nitrogens is 3. The van der Waals surface area contributed by atoms with Crippen molar-refractivity contribution < 1.29 is 4.79 Å². The van der Waals surface area contributed by atoms with E-state index < -0.39 is 0 Å². The normalized spacial score (nSPS) is 13.9. The van der Waals surface area contributed by atoms with Crippen LogP contribution in [0.4, 0.5) is 5.95 Å². The van der Waals surface area contributed by atoms with Gasteiger partial charge in [-0.25, -0.2) is 0 Å². The molecule has 20 heavy (non-hydrogen) atoms. The molecule has 1 N–H and O–H groups in total. The second-order valence-electron chi connectivity index (χ2n) is 4.91. The third-order valence-electron chi connectivity index (χ3n) is 3.47. The molecule has 1 amide bonds. The summed E-state index contributed by atoms with van der Waals surface area (Å²) in [6.45, 7) is 4.89. The first-order chi connectivity index (χ1) is 9.65. The van der Waals surface area contributed by atoms with Gasteiger partial charge in [0.25, 0.3) is 5.91 Å². The van der Waals surface area contributed by atoms with Crippen molar-refractivity contribution >= 4 is 23.6 Å². The number of carbonyl (C=O) groups is 1. The lowest BCUT2D eigenvalue weighted by Gasteiger charge is -2.14. The summed E-state index contributed by atoms with van der Waals surface area (Å²) in [4.78, 5) is 12.3. The standard InChI is InChI=1S/C14H16N4OS/c1-9-4-5-11(8-10(9)2)12(19)15-13-16-17-14-18(13)6-3-7-20-14/h4-5,8H,3,6-7H2,1-2H3,(H,15,16,19). The minimum atomic E-state index is -0.140. The third kappa shape index (κ3) is 2.43. The van der Waals surface area contributed by atoms with E-state index in [-0.39, 0.29) is 5.91 Å². The Balaban J connectivity index is 1.82. The fourth-order valence-corrected chi connectivity index (χ4v) is 3.02. The number of benzene rings is 1. The molecule has 2 heterocycles. The van der Waals surface area contributed by atoms with Crippen LogP contribution in [0.1, 0.15) is 27.9 Å². The van der Waals surface area contributed by atoms with Gasteiger partial charge in [-0.1, -0.05) is 17.8 Å². The van der Waals surface area contributed by atoms with E-state index >= 15 is 0 Å². The van der Waals surface area contributed by atoms with Crippen LogP contribution in [0.15, 0.2) is 23.4 Å². The summed E-state index contributed by atoms with van der Waals surface area (Å²) in [6, 6.07) is 5.69. The number of nitrogens with one attached hydrogen (secondary N) is 1. The number of aryl methyl sites for hydroxylation is 2. The number of carbonyl (C=O) groups excluding carboxylic acids is 1. The molecular weight excluding hydrogens is 272 g/mol. The van der Waals surface area contributed by atoms with Gasteiger partial charge in [0.2, 0.25) is 5.95 Å². The topological polar surface area (TPSA) is 59.8 Å². The average molecular weight is 288 g/mol. The van der Waals surface area contributed by atoms with Crippen molar-refractivity contribution in [2.75, 3.05) is 11.1 Å². The highest BCUT2D eigenvalue weighted by atomic mass is 32.2. The van der Waals surface area contributed by atoms with Crippen molar-refractivity contribution in [3.63, 3.8) is 0 Å². The molecule has 0 radical (unpaired) electrons. The number of hydrogen-bond donors (Lipinski definition) is 1. The molecule has 2 aromatic rings. The molecule has 5 nitrogen and oxygen atoms in total. The van der Waals surface area contributed by atoms with Crippen LogP contribution >= 0.6 is 11.8 Å². The van der Waals surface area contributed by atoms with Gasteiger partial charge in [0.05, 0.1) is 0 Å². The zero-order valence-electron chi connectivity index (χ0n) is 11.5. The highest BCUT2D eigenvalue weighted by Gasteiger charge is 2.18. The molecule has 0 bridgehead atoms. The number of hydrogen-bond acceptors (Lipinski definition) is 4. The quantitative estimate of drug-likeness (QED) is 0.923. The summed E-state index contributed by atoms with van der Waals surface area (Å²) in [6.07, 6.45) is 1.07. The molecule has 0 saturated carbocycles. The van der Waals surface area contributed by atoms with Gasteiger partial charge in [-0.15, -0.1) is 10.2 Å². The Labute approximate surface area is 121 Å². The summed E-state index contributed by atoms with van der Waals surface area (Å²) in [5.41, 5.74) is 2.93. The maximum atomic E-state index is 12.3. The van der Waals surface area contributed by atoms with Crippen molar-refractivity contribution in [1.29, 1.82) is 0 Å². The first kappa shape index (κ1) is 13.2. The summed E-state index contributed by atoms with van der Waals surface area (Å²) in [5.74, 6) is 1.46. The summed E-state index contributed by atoms with van der Waals surface area (Å²) in [5, 5.41) is 11.9. The van der Waals surface area contributed by atoms with Gasteiger partial charge in [-0.05, 0) is 43.5 Å². The summed E-state index contributed by atoms with van der Waals surface area (Å²) in [7, 11) is 0. The number of nitrogens with zero attached hydrogens (tertiary/aromatic N) is 3. The van der Waals surface area contributed by atoms with E-state index in [0.29, 0.717) is 11.5 Å². The van der Waals surface area contributed by atoms with Crippen LogP contribution in [-0.2, 0) is 6.54 Å². The molecule has 0 saturated heterocycles. The lowest BCUT2D eigenvalue weighted by molar-refractivity contribution is 0.102. The van der Waals surface area contributed by atoms with E-state index in [0.717, 1.165) is 29.4 Å². The van der Waals surface area contributed by atoms with Crippen LogP contribution in [0, 0.1) is 13.8 Å². The maximum Gasteiger partial charge on any atom is 0.258 e. The molecule has 1 aromatic heterocycles. The van der Waals surface area contributed by atoms with Gasteiger partial charge in [-0.3, -0.25) is 14.7 Å². The minimum absolute atomic E-state index is 0.140. The smallest absolute Gasteiger partial charge is 0.258 e. The monoisotopic (exact) mass is 288 g/mol. The Morgan fingerprint density at radius 3 is 2.95 bits per heavy atom. The Hall–Kier alpha value is -1.82. The van der Waals surface area contributed by atoms with E-state index in [2.05, 4.69) is 15.5 Å². The molecule has 1 aliphatic heterocycles. The summed E-state index contributed by atoms with van der Waals surface area (Å²) < 4.78 is 1.97. The Morgan fingerprint density at radius 2 is 2.15 bits per heavy atom. The van der Waals surface area contributed by atoms with Crippen LogP contribution in [0.25, 0.3) is 0 Å². The highest BCUT2D eigenvalue weighted by molar-refractivity contribution is 7.99. The first-order valence-electron chi connectivity index (χ1n) is 6.60. The first-order valence-corrected chi connectivity index (χ1v) is 7.58. The van der Waals surface area contributed by atoms with Crippen molar-refractivity contribution in [3.05, 3.63) is 34.9 Å². The molecule has 0 fully saturated rings. The van der Waals surface area contributed by atoms with E-state index in [9.17, 15) is 4.79 Å². The van der Waals surface area contributed by atoms with Crippen molar-refractivity contribution in [2.24, 2.45) is 0 Å². The molecule has 0 spiro atoms. The molecule has 0 aliphatic carbocycles. The number of rotatable bonds is 2. The van der Waals surface area contributed by atoms with Gasteiger partial charge in [0.1, 0.15) is 0 Å². The average Bonchev–Trinajstić information content (AvgIpc) is 2.85. The van der Waals surface area contributed by atoms with Gasteiger partial charge >= 0.3 is 0 Å². The van der Waals surface area contributed by atoms with Gasteiger partial charge in [0, 0.05) is 17.9 Å². The Bertz CT molecular complexity index is 665. The number of fused-ring (bicyclic) bond motifs is 1. The predicted octanol–water partition coefficient (Wildman–Crippen LogP) is 2.64. The molecule has 1 aromatic carbocycles. The van der Waals surface area contributed by atoms with E-state index in [1.165, 1.54) is 5.56 Å². The SMILES string of the molecule is Cc1ccc(C(=O)Nc2nnc3n2CCCS3)cc1C. The van der Waals surface area contributed by atoms with E-state index in [4.69, 9.17) is 0 Å². The summed E-state index contributed by atoms with van der Waals surface area (Å²) >= 11 is 1.67. The van der Waals surface area contributed by atoms with Crippen LogP contribution in [0.3, 0.4) is 0 Å². The maximum absolute atomic E-state index is 12.3. The lowest BCUT2D eigenvalue weighted by atomic mass is 10.1. The van der Waals surface area contributed by atoms with E-state index in [1.807, 2.05) is 36.6 Å². The molecule has 104 valence electrons. The van der Waals surface area contributed by atoms with Crippen LogP contribution < -0.4 is 5.32 Å². The zero-order chi connectivity index (χ0) is 14.1. The molecular formula is C14H16N4OS. The largest absolute Gasteiger partial charge is 0.290 e. The van der Waals surface area contributed by atoms with Crippen molar-refractivity contribution in [3.8, 4) is 0 Å². The van der Waals surface area contributed by atoms with Gasteiger partial charge < -0.3 is 0 Å². The van der Waals surface area contributed by atoms with Crippen LogP contribution in [0.5, 0.6) is 0 Å². The molecule has 0 unspecified atom stereocenters. The highest BCUT2D eigenvalue weighted by Crippen LogP contribution is 2.25. The van der Waals surface area contributed by atoms with Crippen LogP contribution in [0.2, 0.25) is 0 Å².